The smallest absolute Gasteiger partial charge is 0.269 e. The number of aromatic nitrogens is 1. The molecule has 7 heteroatoms. The van der Waals surface area contributed by atoms with Gasteiger partial charge in [-0.3, -0.25) is 9.69 Å². The highest BCUT2D eigenvalue weighted by Gasteiger charge is 2.44. The molecule has 1 spiro atoms. The maximum atomic E-state index is 12.3. The molecule has 0 radical (unpaired) electrons. The number of nitrogens with one attached hydrogen (secondary N) is 1. The Morgan fingerprint density at radius 1 is 1.54 bits per heavy atom. The second-order valence-corrected chi connectivity index (χ2v) is 7.93. The van der Waals surface area contributed by atoms with Gasteiger partial charge in [0.15, 0.2) is 5.60 Å². The number of nitrogens with zero attached hydrogens (tertiary/aromatic N) is 3. The maximum Gasteiger partial charge on any atom is 0.269 e. The zero-order valence-corrected chi connectivity index (χ0v) is 15.3. The van der Waals surface area contributed by atoms with Crippen molar-refractivity contribution in [3.8, 4) is 0 Å². The minimum atomic E-state index is -0.303. The van der Waals surface area contributed by atoms with Gasteiger partial charge in [0.25, 0.3) is 5.91 Å². The molecule has 0 bridgehead atoms. The maximum absolute atomic E-state index is 12.3. The number of oxime groups is 1. The Morgan fingerprint density at radius 2 is 2.42 bits per heavy atom. The fourth-order valence-electron chi connectivity index (χ4n) is 3.28. The van der Waals surface area contributed by atoms with Crippen LogP contribution >= 0.6 is 11.3 Å². The fraction of sp³-hybridized carbons (Fsp3) is 0.706. The Hall–Kier alpha value is -1.47. The Bertz CT molecular complexity index is 587. The van der Waals surface area contributed by atoms with Crippen LogP contribution < -0.4 is 5.32 Å². The van der Waals surface area contributed by atoms with Gasteiger partial charge in [0.2, 0.25) is 0 Å². The molecule has 0 aliphatic carbocycles. The van der Waals surface area contributed by atoms with E-state index in [9.17, 15) is 4.79 Å². The van der Waals surface area contributed by atoms with E-state index in [0.29, 0.717) is 24.6 Å². The normalized spacial score (nSPS) is 24.2. The summed E-state index contributed by atoms with van der Waals surface area (Å²) in [6.07, 6.45) is 3.87. The summed E-state index contributed by atoms with van der Waals surface area (Å²) in [6, 6.07) is 0. The summed E-state index contributed by atoms with van der Waals surface area (Å²) >= 11 is 1.52. The van der Waals surface area contributed by atoms with E-state index in [1.807, 2.05) is 5.38 Å². The summed E-state index contributed by atoms with van der Waals surface area (Å²) in [6.45, 7) is 8.01. The van der Waals surface area contributed by atoms with Gasteiger partial charge in [0.1, 0.15) is 5.71 Å². The highest BCUT2D eigenvalue weighted by atomic mass is 32.1. The second-order valence-electron chi connectivity index (χ2n) is 7.21. The molecule has 1 atom stereocenters. The number of thiazole rings is 1. The molecule has 132 valence electrons. The second kappa shape index (κ2) is 7.61. The van der Waals surface area contributed by atoms with Crippen LogP contribution in [0.1, 0.15) is 45.2 Å². The lowest BCUT2D eigenvalue weighted by Gasteiger charge is -2.38. The Labute approximate surface area is 147 Å². The number of hydrogen-bond acceptors (Lipinski definition) is 6. The molecule has 1 aromatic heterocycles. The zero-order chi connectivity index (χ0) is 17.0. The first-order valence-corrected chi connectivity index (χ1v) is 9.63. The zero-order valence-electron chi connectivity index (χ0n) is 14.5. The van der Waals surface area contributed by atoms with E-state index < -0.39 is 0 Å². The molecular formula is C17H26N4O2S. The highest BCUT2D eigenvalue weighted by Crippen LogP contribution is 2.33. The van der Waals surface area contributed by atoms with Crippen LogP contribution in [0.2, 0.25) is 0 Å². The SMILES string of the molecule is CC(C)CCN1CCC[C@@]2(CC(C(=O)NCc3cscn3)=NO2)C1. The third-order valence-electron chi connectivity index (χ3n) is 4.66. The number of likely N-dealkylation sites (tertiary alicyclic amines) is 1. The van der Waals surface area contributed by atoms with Gasteiger partial charge in [-0.2, -0.15) is 0 Å². The quantitative estimate of drug-likeness (QED) is 0.856. The minimum Gasteiger partial charge on any atom is -0.387 e. The monoisotopic (exact) mass is 350 g/mol. The molecule has 2 aliphatic heterocycles. The lowest BCUT2D eigenvalue weighted by molar-refractivity contribution is -0.115. The summed E-state index contributed by atoms with van der Waals surface area (Å²) < 4.78 is 0. The number of carbonyl (C=O) groups excluding carboxylic acids is 1. The van der Waals surface area contributed by atoms with E-state index in [1.54, 1.807) is 5.51 Å². The first kappa shape index (κ1) is 17.4. The van der Waals surface area contributed by atoms with E-state index in [0.717, 1.165) is 38.2 Å². The Balaban J connectivity index is 1.50. The molecule has 1 fully saturated rings. The van der Waals surface area contributed by atoms with Crippen LogP contribution in [0.25, 0.3) is 0 Å². The topological polar surface area (TPSA) is 66.8 Å². The van der Waals surface area contributed by atoms with E-state index in [2.05, 4.69) is 34.2 Å². The molecule has 0 aromatic carbocycles. The Kier molecular flexibility index (Phi) is 5.50. The number of amides is 1. The molecular weight excluding hydrogens is 324 g/mol. The number of hydrogen-bond donors (Lipinski definition) is 1. The molecule has 1 amide bonds. The third-order valence-corrected chi connectivity index (χ3v) is 5.29. The van der Waals surface area contributed by atoms with Crippen LogP contribution in [-0.2, 0) is 16.2 Å². The van der Waals surface area contributed by atoms with Crippen LogP contribution in [0.5, 0.6) is 0 Å². The first-order chi connectivity index (χ1) is 11.6. The number of carbonyl (C=O) groups is 1. The van der Waals surface area contributed by atoms with Crippen LogP contribution in [0.3, 0.4) is 0 Å². The molecule has 1 aromatic rings. The molecule has 6 nitrogen and oxygen atoms in total. The summed E-state index contributed by atoms with van der Waals surface area (Å²) in [5.41, 5.74) is 2.85. The first-order valence-electron chi connectivity index (χ1n) is 8.69. The summed E-state index contributed by atoms with van der Waals surface area (Å²) in [5.74, 6) is 0.565. The molecule has 24 heavy (non-hydrogen) atoms. The summed E-state index contributed by atoms with van der Waals surface area (Å²) in [4.78, 5) is 24.7. The molecule has 3 heterocycles. The van der Waals surface area contributed by atoms with Crippen molar-refractivity contribution in [1.82, 2.24) is 15.2 Å². The van der Waals surface area contributed by atoms with Crippen molar-refractivity contribution in [1.29, 1.82) is 0 Å². The van der Waals surface area contributed by atoms with Crippen molar-refractivity contribution in [2.45, 2.75) is 51.7 Å². The van der Waals surface area contributed by atoms with E-state index in [4.69, 9.17) is 4.84 Å². The van der Waals surface area contributed by atoms with Crippen LogP contribution in [0, 0.1) is 5.92 Å². The minimum absolute atomic E-state index is 0.140. The van der Waals surface area contributed by atoms with Crippen molar-refractivity contribution < 1.29 is 9.63 Å². The number of rotatable bonds is 6. The van der Waals surface area contributed by atoms with Crippen molar-refractivity contribution in [2.75, 3.05) is 19.6 Å². The van der Waals surface area contributed by atoms with Crippen molar-refractivity contribution >= 4 is 23.0 Å². The fourth-order valence-corrected chi connectivity index (χ4v) is 3.84. The highest BCUT2D eigenvalue weighted by molar-refractivity contribution is 7.07. The van der Waals surface area contributed by atoms with Crippen molar-refractivity contribution in [3.63, 3.8) is 0 Å². The predicted molar refractivity (Wildman–Crippen MR) is 95.0 cm³/mol. The molecule has 3 rings (SSSR count). The largest absolute Gasteiger partial charge is 0.387 e. The van der Waals surface area contributed by atoms with Gasteiger partial charge in [-0.1, -0.05) is 19.0 Å². The van der Waals surface area contributed by atoms with Crippen molar-refractivity contribution in [2.24, 2.45) is 11.1 Å². The molecule has 0 saturated carbocycles. The third kappa shape index (κ3) is 4.33. The average molecular weight is 350 g/mol. The molecule has 1 N–H and O–H groups in total. The summed E-state index contributed by atoms with van der Waals surface area (Å²) in [7, 11) is 0. The van der Waals surface area contributed by atoms with Gasteiger partial charge in [-0.25, -0.2) is 4.98 Å². The van der Waals surface area contributed by atoms with Gasteiger partial charge in [-0.05, 0) is 38.3 Å². The van der Waals surface area contributed by atoms with Crippen LogP contribution in [-0.4, -0.2) is 46.7 Å². The van der Waals surface area contributed by atoms with Gasteiger partial charge in [-0.15, -0.1) is 11.3 Å². The predicted octanol–water partition coefficient (Wildman–Crippen LogP) is 2.42. The lowest BCUT2D eigenvalue weighted by Crippen LogP contribution is -2.49. The average Bonchev–Trinajstić information content (AvgIpc) is 3.21. The molecule has 0 unspecified atom stereocenters. The standard InChI is InChI=1S/C17H26N4O2S/c1-13(2)4-7-21-6-3-5-17(11-21)8-15(20-23-17)16(22)18-9-14-10-24-12-19-14/h10,12-13H,3-9,11H2,1-2H3,(H,18,22)/t17-/m1/s1. The Morgan fingerprint density at radius 3 is 3.17 bits per heavy atom. The van der Waals surface area contributed by atoms with Crippen LogP contribution in [0.4, 0.5) is 0 Å². The summed E-state index contributed by atoms with van der Waals surface area (Å²) in [5, 5.41) is 8.92. The van der Waals surface area contributed by atoms with Crippen molar-refractivity contribution in [3.05, 3.63) is 16.6 Å². The van der Waals surface area contributed by atoms with E-state index in [-0.39, 0.29) is 11.5 Å². The van der Waals surface area contributed by atoms with E-state index in [1.165, 1.54) is 17.8 Å². The number of piperidine rings is 1. The lowest BCUT2D eigenvalue weighted by atomic mass is 9.87. The van der Waals surface area contributed by atoms with Gasteiger partial charge in [0, 0.05) is 18.3 Å². The molecule has 2 aliphatic rings. The molecule has 1 saturated heterocycles. The van der Waals surface area contributed by atoms with Gasteiger partial charge >= 0.3 is 0 Å². The van der Waals surface area contributed by atoms with Gasteiger partial charge in [0.05, 0.1) is 17.7 Å². The van der Waals surface area contributed by atoms with E-state index >= 15 is 0 Å². The van der Waals surface area contributed by atoms with Gasteiger partial charge < -0.3 is 10.2 Å². The van der Waals surface area contributed by atoms with Crippen LogP contribution in [0.15, 0.2) is 16.0 Å².